The van der Waals surface area contributed by atoms with Crippen LogP contribution in [-0.4, -0.2) is 28.6 Å². The molecule has 0 unspecified atom stereocenters. The van der Waals surface area contributed by atoms with E-state index < -0.39 is 5.97 Å². The van der Waals surface area contributed by atoms with Gasteiger partial charge < -0.3 is 15.2 Å². The second kappa shape index (κ2) is 11.7. The molecule has 0 aliphatic rings. The zero-order valence-electron chi connectivity index (χ0n) is 17.5. The molecule has 3 rings (SSSR count). The van der Waals surface area contributed by atoms with E-state index in [-0.39, 0.29) is 12.3 Å². The fourth-order valence-electron chi connectivity index (χ4n) is 2.89. The molecule has 32 heavy (non-hydrogen) atoms. The molecule has 3 N–H and O–H groups in total. The third-order valence-corrected chi connectivity index (χ3v) is 5.31. The number of nitrogens with one attached hydrogen (secondary N) is 2. The van der Waals surface area contributed by atoms with E-state index in [4.69, 9.17) is 9.84 Å². The molecule has 0 saturated carbocycles. The van der Waals surface area contributed by atoms with Gasteiger partial charge in [0, 0.05) is 17.5 Å². The fourth-order valence-corrected chi connectivity index (χ4v) is 3.59. The minimum atomic E-state index is -0.959. The quantitative estimate of drug-likeness (QED) is 0.265. The Labute approximate surface area is 190 Å². The number of aromatic nitrogens is 1. The molecular weight excluding hydrogens is 426 g/mol. The molecule has 8 heteroatoms. The van der Waals surface area contributed by atoms with E-state index in [1.54, 1.807) is 17.5 Å². The minimum Gasteiger partial charge on any atom is -0.491 e. The summed E-state index contributed by atoms with van der Waals surface area (Å²) in [6.45, 7) is 4.93. The Morgan fingerprint density at radius 1 is 1.16 bits per heavy atom. The Morgan fingerprint density at radius 2 is 1.94 bits per heavy atom. The largest absolute Gasteiger partial charge is 0.491 e. The van der Waals surface area contributed by atoms with Gasteiger partial charge in [-0.2, -0.15) is 0 Å². The first-order valence-corrected chi connectivity index (χ1v) is 11.1. The number of carboxylic acid groups (broad SMARTS) is 1. The van der Waals surface area contributed by atoms with Crippen LogP contribution in [0.5, 0.6) is 5.75 Å². The molecule has 7 nitrogen and oxygen atoms in total. The number of anilines is 2. The van der Waals surface area contributed by atoms with E-state index in [1.807, 2.05) is 42.5 Å². The smallest absolute Gasteiger partial charge is 0.309 e. The summed E-state index contributed by atoms with van der Waals surface area (Å²) >= 11 is 1.20. The number of ether oxygens (including phenoxy) is 1. The van der Waals surface area contributed by atoms with E-state index in [9.17, 15) is 9.59 Å². The number of hydrogen-bond donors (Lipinski definition) is 3. The highest BCUT2D eigenvalue weighted by Gasteiger charge is 2.11. The number of carboxylic acids is 1. The standard InChI is InChI=1S/C24H25N3O4S/c1-2-3-6-13-31-21-8-5-4-7-20(21)25-15-17-9-11-18(12-10-17)23(30)27-24-26-19(16-32-24)14-22(28)29/h2,4-5,7-12,16,25H,1,3,6,13-15H2,(H,28,29)(H,26,27,30). The molecule has 0 fully saturated rings. The predicted octanol–water partition coefficient (Wildman–Crippen LogP) is 4.98. The number of carbonyl (C=O) groups is 2. The van der Waals surface area contributed by atoms with Crippen molar-refractivity contribution in [2.24, 2.45) is 0 Å². The van der Waals surface area contributed by atoms with Crippen LogP contribution in [0.1, 0.15) is 34.5 Å². The first-order chi connectivity index (χ1) is 15.5. The van der Waals surface area contributed by atoms with E-state index in [1.165, 1.54) is 11.3 Å². The molecule has 0 aliphatic heterocycles. The number of hydrogen-bond acceptors (Lipinski definition) is 6. The number of carbonyl (C=O) groups excluding carboxylic acids is 1. The summed E-state index contributed by atoms with van der Waals surface area (Å²) in [6.07, 6.45) is 3.55. The molecule has 1 heterocycles. The molecule has 3 aromatic rings. The summed E-state index contributed by atoms with van der Waals surface area (Å²) in [5, 5.41) is 16.9. The Bertz CT molecular complexity index is 1060. The molecule has 0 aliphatic carbocycles. The summed E-state index contributed by atoms with van der Waals surface area (Å²) in [5.74, 6) is -0.448. The second-order valence-corrected chi connectivity index (χ2v) is 7.85. The Morgan fingerprint density at radius 3 is 2.69 bits per heavy atom. The van der Waals surface area contributed by atoms with Crippen LogP contribution in [0.25, 0.3) is 0 Å². The van der Waals surface area contributed by atoms with Crippen LogP contribution >= 0.6 is 11.3 Å². The number of unbranched alkanes of at least 4 members (excludes halogenated alkanes) is 1. The van der Waals surface area contributed by atoms with Crippen molar-refractivity contribution in [3.63, 3.8) is 0 Å². The van der Waals surface area contributed by atoms with Gasteiger partial charge in [-0.3, -0.25) is 14.9 Å². The minimum absolute atomic E-state index is 0.170. The van der Waals surface area contributed by atoms with Gasteiger partial charge in [-0.25, -0.2) is 4.98 Å². The fraction of sp³-hybridized carbons (Fsp3) is 0.208. The van der Waals surface area contributed by atoms with Crippen molar-refractivity contribution in [2.75, 3.05) is 17.2 Å². The lowest BCUT2D eigenvalue weighted by Crippen LogP contribution is -2.12. The summed E-state index contributed by atoms with van der Waals surface area (Å²) < 4.78 is 5.86. The average molecular weight is 452 g/mol. The lowest BCUT2D eigenvalue weighted by molar-refractivity contribution is -0.136. The van der Waals surface area contributed by atoms with Gasteiger partial charge in [0.05, 0.1) is 24.4 Å². The highest BCUT2D eigenvalue weighted by atomic mass is 32.1. The van der Waals surface area contributed by atoms with Crippen LogP contribution in [0.3, 0.4) is 0 Å². The van der Waals surface area contributed by atoms with Gasteiger partial charge in [0.1, 0.15) is 5.75 Å². The maximum atomic E-state index is 12.4. The van der Waals surface area contributed by atoms with Gasteiger partial charge in [-0.05, 0) is 42.7 Å². The van der Waals surface area contributed by atoms with Crippen molar-refractivity contribution >= 4 is 34.0 Å². The zero-order valence-corrected chi connectivity index (χ0v) is 18.4. The Kier molecular flexibility index (Phi) is 8.39. The number of rotatable bonds is 12. The van der Waals surface area contributed by atoms with Crippen LogP contribution in [-0.2, 0) is 17.8 Å². The normalized spacial score (nSPS) is 10.4. The van der Waals surface area contributed by atoms with Crippen molar-refractivity contribution in [2.45, 2.75) is 25.8 Å². The summed E-state index contributed by atoms with van der Waals surface area (Å²) in [7, 11) is 0. The van der Waals surface area contributed by atoms with Crippen LogP contribution in [0.4, 0.5) is 10.8 Å². The van der Waals surface area contributed by atoms with Gasteiger partial charge in [-0.15, -0.1) is 17.9 Å². The topological polar surface area (TPSA) is 101 Å². The summed E-state index contributed by atoms with van der Waals surface area (Å²) in [6, 6.07) is 15.1. The molecule has 0 bridgehead atoms. The van der Waals surface area contributed by atoms with Crippen LogP contribution in [0.2, 0.25) is 0 Å². The highest BCUT2D eigenvalue weighted by Crippen LogP contribution is 2.25. The molecule has 0 atom stereocenters. The molecule has 2 aromatic carbocycles. The number of benzene rings is 2. The predicted molar refractivity (Wildman–Crippen MR) is 127 cm³/mol. The van der Waals surface area contributed by atoms with E-state index >= 15 is 0 Å². The maximum absolute atomic E-state index is 12.4. The number of amides is 1. The molecule has 166 valence electrons. The van der Waals surface area contributed by atoms with Crippen LogP contribution in [0, 0.1) is 0 Å². The average Bonchev–Trinajstić information content (AvgIpc) is 3.22. The third kappa shape index (κ3) is 6.95. The molecular formula is C24H25N3O4S. The van der Waals surface area contributed by atoms with Gasteiger partial charge >= 0.3 is 5.97 Å². The molecule has 1 amide bonds. The Hall–Kier alpha value is -3.65. The second-order valence-electron chi connectivity index (χ2n) is 6.99. The zero-order chi connectivity index (χ0) is 22.8. The van der Waals surface area contributed by atoms with Gasteiger partial charge in [0.15, 0.2) is 5.13 Å². The number of thiazole rings is 1. The van der Waals surface area contributed by atoms with Crippen molar-refractivity contribution in [3.05, 3.63) is 83.4 Å². The maximum Gasteiger partial charge on any atom is 0.309 e. The van der Waals surface area contributed by atoms with Crippen LogP contribution in [0.15, 0.2) is 66.6 Å². The third-order valence-electron chi connectivity index (χ3n) is 4.50. The lowest BCUT2D eigenvalue weighted by atomic mass is 10.1. The number of nitrogens with zero attached hydrogens (tertiary/aromatic N) is 1. The monoisotopic (exact) mass is 451 g/mol. The van der Waals surface area contributed by atoms with Crippen molar-refractivity contribution in [3.8, 4) is 5.75 Å². The highest BCUT2D eigenvalue weighted by molar-refractivity contribution is 7.14. The molecule has 0 saturated heterocycles. The van der Waals surface area contributed by atoms with Crippen molar-refractivity contribution in [1.82, 2.24) is 4.98 Å². The van der Waals surface area contributed by atoms with E-state index in [0.29, 0.717) is 29.5 Å². The van der Waals surface area contributed by atoms with Gasteiger partial charge in [0.25, 0.3) is 5.91 Å². The molecule has 0 radical (unpaired) electrons. The first kappa shape index (κ1) is 23.0. The Balaban J connectivity index is 1.54. The van der Waals surface area contributed by atoms with Crippen molar-refractivity contribution < 1.29 is 19.4 Å². The number of aliphatic carboxylic acids is 1. The van der Waals surface area contributed by atoms with Crippen LogP contribution < -0.4 is 15.4 Å². The SMILES string of the molecule is C=CCCCOc1ccccc1NCc1ccc(C(=O)Nc2nc(CC(=O)O)cs2)cc1. The van der Waals surface area contributed by atoms with E-state index in [2.05, 4.69) is 22.2 Å². The van der Waals surface area contributed by atoms with Gasteiger partial charge in [-0.1, -0.05) is 30.3 Å². The molecule has 0 spiro atoms. The lowest BCUT2D eigenvalue weighted by Gasteiger charge is -2.13. The number of allylic oxidation sites excluding steroid dienone is 1. The number of para-hydroxylation sites is 2. The summed E-state index contributed by atoms with van der Waals surface area (Å²) in [4.78, 5) is 27.3. The van der Waals surface area contributed by atoms with Crippen molar-refractivity contribution in [1.29, 1.82) is 0 Å². The summed E-state index contributed by atoms with van der Waals surface area (Å²) in [5.41, 5.74) is 2.84. The van der Waals surface area contributed by atoms with E-state index in [0.717, 1.165) is 29.8 Å². The van der Waals surface area contributed by atoms with Gasteiger partial charge in [0.2, 0.25) is 0 Å². The molecule has 1 aromatic heterocycles. The first-order valence-electron chi connectivity index (χ1n) is 10.2.